The first-order valence-electron chi connectivity index (χ1n) is 9.26. The van der Waals surface area contributed by atoms with Gasteiger partial charge < -0.3 is 14.4 Å². The Hall–Kier alpha value is -2.84. The van der Waals surface area contributed by atoms with Crippen molar-refractivity contribution in [2.45, 2.75) is 19.3 Å². The third-order valence-corrected chi connectivity index (χ3v) is 4.69. The van der Waals surface area contributed by atoms with Gasteiger partial charge in [0.05, 0.1) is 20.6 Å². The van der Waals surface area contributed by atoms with Crippen molar-refractivity contribution in [1.82, 2.24) is 4.90 Å². The second-order valence-electron chi connectivity index (χ2n) is 6.40. The second kappa shape index (κ2) is 9.38. The van der Waals surface area contributed by atoms with Crippen molar-refractivity contribution in [3.8, 4) is 5.75 Å². The maximum atomic E-state index is 12.5. The fraction of sp³-hybridized carbons (Fsp3) is 0.400. The highest BCUT2D eigenvalue weighted by atomic mass is 16.7. The number of rotatable bonds is 6. The van der Waals surface area contributed by atoms with E-state index in [-0.39, 0.29) is 6.09 Å². The van der Waals surface area contributed by atoms with Crippen LogP contribution in [0.2, 0.25) is 0 Å². The molecule has 0 radical (unpaired) electrons. The minimum Gasteiger partial charge on any atom is -0.490 e. The lowest BCUT2D eigenvalue weighted by atomic mass is 10.1. The third-order valence-electron chi connectivity index (χ3n) is 4.69. The molecule has 0 atom stereocenters. The van der Waals surface area contributed by atoms with Crippen LogP contribution >= 0.6 is 0 Å². The topological polar surface area (TPSA) is 76.9 Å². The number of carbonyl (C=O) groups excluding carboxylic acids is 1. The number of hydrogen-bond acceptors (Lipinski definition) is 5. The first kappa shape index (κ1) is 19.9. The van der Waals surface area contributed by atoms with Crippen LogP contribution in [-0.4, -0.2) is 55.9 Å². The molecule has 2 aliphatic rings. The Bertz CT molecular complexity index is 810. The fourth-order valence-electron chi connectivity index (χ4n) is 3.34. The Labute approximate surface area is 164 Å². The van der Waals surface area contributed by atoms with Gasteiger partial charge >= 0.3 is 11.8 Å². The number of nitrogens with zero attached hydrogens (tertiary/aromatic N) is 2. The van der Waals surface area contributed by atoms with Crippen LogP contribution in [0.3, 0.4) is 0 Å². The average molecular weight is 389 g/mol. The standard InChI is InChI=1S/C20H26N3O5/c1-25-18-12-8-10-16(19(18)21-26-2)23(27-3)15-9-4-5-11-17(15)28-20(24)22-13-6-7-14-22/h4-5,8,10-12,21H,6-7,9,13-14H2,1-3H3/q+1/p+1/b23-15-. The molecule has 0 spiro atoms. The predicted octanol–water partition coefficient (Wildman–Crippen LogP) is 2.17. The molecule has 1 aromatic carbocycles. The molecule has 1 heterocycles. The van der Waals surface area contributed by atoms with Gasteiger partial charge in [0.25, 0.3) is 11.4 Å². The number of benzene rings is 1. The van der Waals surface area contributed by atoms with Gasteiger partial charge in [-0.25, -0.2) is 9.63 Å². The highest BCUT2D eigenvalue weighted by Crippen LogP contribution is 2.31. The molecule has 1 aliphatic heterocycles. The number of amides is 1. The first-order valence-corrected chi connectivity index (χ1v) is 9.26. The van der Waals surface area contributed by atoms with Crippen LogP contribution < -0.4 is 10.2 Å². The zero-order valence-electron chi connectivity index (χ0n) is 16.5. The Morgan fingerprint density at radius 3 is 2.64 bits per heavy atom. The molecule has 1 aliphatic carbocycles. The van der Waals surface area contributed by atoms with Gasteiger partial charge in [0, 0.05) is 23.9 Å². The van der Waals surface area contributed by atoms with E-state index in [1.807, 2.05) is 30.4 Å². The van der Waals surface area contributed by atoms with Crippen LogP contribution in [0.1, 0.15) is 19.3 Å². The summed E-state index contributed by atoms with van der Waals surface area (Å²) in [6, 6.07) is 5.60. The normalized spacial score (nSPS) is 18.0. The summed E-state index contributed by atoms with van der Waals surface area (Å²) >= 11 is 0. The van der Waals surface area contributed by atoms with E-state index in [0.717, 1.165) is 43.0 Å². The monoisotopic (exact) mass is 389 g/mol. The van der Waals surface area contributed by atoms with Crippen molar-refractivity contribution in [2.75, 3.05) is 34.4 Å². The zero-order chi connectivity index (χ0) is 19.9. The number of allylic oxidation sites excluding steroid dienone is 4. The third kappa shape index (κ3) is 4.18. The van der Waals surface area contributed by atoms with Gasteiger partial charge in [-0.1, -0.05) is 18.2 Å². The summed E-state index contributed by atoms with van der Waals surface area (Å²) in [7, 11) is 4.75. The predicted molar refractivity (Wildman–Crippen MR) is 103 cm³/mol. The Balaban J connectivity index is 1.99. The fourth-order valence-corrected chi connectivity index (χ4v) is 3.34. The van der Waals surface area contributed by atoms with Gasteiger partial charge in [0.15, 0.2) is 5.75 Å². The van der Waals surface area contributed by atoms with E-state index in [0.29, 0.717) is 17.9 Å². The molecule has 1 saturated heterocycles. The smallest absolute Gasteiger partial charge is 0.415 e. The number of methoxy groups -OCH3 is 1. The molecule has 0 aromatic heterocycles. The molecular formula is C20H27N3O5+2. The maximum Gasteiger partial charge on any atom is 0.415 e. The van der Waals surface area contributed by atoms with Crippen molar-refractivity contribution in [2.24, 2.45) is 0 Å². The van der Waals surface area contributed by atoms with Crippen molar-refractivity contribution in [1.29, 1.82) is 0 Å². The van der Waals surface area contributed by atoms with Crippen LogP contribution in [-0.2, 0) is 14.4 Å². The Morgan fingerprint density at radius 2 is 1.96 bits per heavy atom. The average Bonchev–Trinajstić information content (AvgIpc) is 3.26. The van der Waals surface area contributed by atoms with E-state index in [9.17, 15) is 4.79 Å². The van der Waals surface area contributed by atoms with Crippen molar-refractivity contribution < 1.29 is 34.2 Å². The molecule has 8 nitrogen and oxygen atoms in total. The van der Waals surface area contributed by atoms with Gasteiger partial charge in [-0.3, -0.25) is 4.84 Å². The molecular weight excluding hydrogens is 362 g/mol. The first-order chi connectivity index (χ1) is 13.7. The number of hydrogen-bond donors (Lipinski definition) is 1. The second-order valence-corrected chi connectivity index (χ2v) is 6.40. The Morgan fingerprint density at radius 1 is 1.18 bits per heavy atom. The number of carbonyl (C=O) groups is 1. The van der Waals surface area contributed by atoms with E-state index in [2.05, 4.69) is 0 Å². The van der Waals surface area contributed by atoms with Gasteiger partial charge in [-0.2, -0.15) is 5.48 Å². The highest BCUT2D eigenvalue weighted by Gasteiger charge is 2.33. The minimum absolute atomic E-state index is 0.332. The lowest BCUT2D eigenvalue weighted by molar-refractivity contribution is -0.835. The van der Waals surface area contributed by atoms with E-state index in [1.54, 1.807) is 42.5 Å². The van der Waals surface area contributed by atoms with Crippen LogP contribution in [0.25, 0.3) is 0 Å². The van der Waals surface area contributed by atoms with Crippen LogP contribution in [0, 0.1) is 0 Å². The lowest BCUT2D eigenvalue weighted by Gasteiger charge is -2.17. The summed E-state index contributed by atoms with van der Waals surface area (Å²) in [5.41, 5.74) is 3.76. The summed E-state index contributed by atoms with van der Waals surface area (Å²) < 4.78 is 12.8. The zero-order valence-corrected chi connectivity index (χ0v) is 16.5. The molecule has 28 heavy (non-hydrogen) atoms. The molecule has 1 fully saturated rings. The maximum absolute atomic E-state index is 12.5. The summed E-state index contributed by atoms with van der Waals surface area (Å²) in [5, 5.41) is 0. The summed E-state index contributed by atoms with van der Waals surface area (Å²) in [6.07, 6.45) is 7.87. The van der Waals surface area contributed by atoms with E-state index >= 15 is 0 Å². The van der Waals surface area contributed by atoms with Crippen LogP contribution in [0.5, 0.6) is 5.75 Å². The Kier molecular flexibility index (Phi) is 6.67. The van der Waals surface area contributed by atoms with Crippen LogP contribution in [0.4, 0.5) is 16.2 Å². The molecule has 2 N–H and O–H groups in total. The molecule has 0 saturated carbocycles. The summed E-state index contributed by atoms with van der Waals surface area (Å²) in [5.74, 6) is 1.11. The molecule has 150 valence electrons. The number of ether oxygens (including phenoxy) is 2. The number of nitrogens with two attached hydrogens (primary N) is 1. The molecule has 3 rings (SSSR count). The van der Waals surface area contributed by atoms with Crippen molar-refractivity contribution >= 4 is 23.2 Å². The highest BCUT2D eigenvalue weighted by molar-refractivity contribution is 5.99. The SMILES string of the molecule is CO[NH2+]c1c(OC)cccc1/[N+](OC)=C1\CC=CC=C1OC(=O)N1CCCC1. The van der Waals surface area contributed by atoms with Gasteiger partial charge in [0.2, 0.25) is 5.76 Å². The molecule has 1 amide bonds. The number of quaternary nitrogens is 1. The van der Waals surface area contributed by atoms with Gasteiger partial charge in [0.1, 0.15) is 7.11 Å². The molecule has 8 heteroatoms. The lowest BCUT2D eigenvalue weighted by Crippen LogP contribution is -2.76. The molecule has 0 bridgehead atoms. The molecule has 0 unspecified atom stereocenters. The van der Waals surface area contributed by atoms with E-state index < -0.39 is 0 Å². The number of likely N-dealkylation sites (tertiary alicyclic amines) is 1. The van der Waals surface area contributed by atoms with Gasteiger partial charge in [-0.15, -0.1) is 0 Å². The van der Waals surface area contributed by atoms with Crippen molar-refractivity contribution in [3.63, 3.8) is 0 Å². The minimum atomic E-state index is -0.332. The molecule has 1 aromatic rings. The quantitative estimate of drug-likeness (QED) is 0.458. The van der Waals surface area contributed by atoms with E-state index in [4.69, 9.17) is 19.1 Å². The van der Waals surface area contributed by atoms with Crippen LogP contribution in [0.15, 0.2) is 42.2 Å². The van der Waals surface area contributed by atoms with Crippen molar-refractivity contribution in [3.05, 3.63) is 42.2 Å². The largest absolute Gasteiger partial charge is 0.490 e. The summed E-state index contributed by atoms with van der Waals surface area (Å²) in [6.45, 7) is 1.46. The van der Waals surface area contributed by atoms with Gasteiger partial charge in [-0.05, 0) is 25.0 Å². The van der Waals surface area contributed by atoms with E-state index in [1.165, 1.54) is 0 Å². The summed E-state index contributed by atoms with van der Waals surface area (Å²) in [4.78, 5) is 25.1.